The summed E-state index contributed by atoms with van der Waals surface area (Å²) in [6.45, 7) is 5.26. The molecule has 1 aromatic rings. The first-order valence-corrected chi connectivity index (χ1v) is 9.20. The van der Waals surface area contributed by atoms with Gasteiger partial charge in [-0.25, -0.2) is 12.7 Å². The maximum Gasteiger partial charge on any atom is 0.216 e. The van der Waals surface area contributed by atoms with Gasteiger partial charge in [0.25, 0.3) is 0 Å². The minimum Gasteiger partial charge on any atom is -0.493 e. The second kappa shape index (κ2) is 7.33. The van der Waals surface area contributed by atoms with Crippen molar-refractivity contribution in [1.82, 2.24) is 4.31 Å². The molecule has 2 rings (SSSR count). The van der Waals surface area contributed by atoms with Crippen LogP contribution >= 0.6 is 0 Å². The highest BCUT2D eigenvalue weighted by atomic mass is 32.2. The molecule has 1 unspecified atom stereocenters. The van der Waals surface area contributed by atoms with Gasteiger partial charge in [0.1, 0.15) is 0 Å². The molecule has 1 heterocycles. The molecule has 1 aliphatic rings. The maximum absolute atomic E-state index is 12.1. The van der Waals surface area contributed by atoms with Crippen LogP contribution in [-0.4, -0.2) is 44.8 Å². The number of sulfonamides is 1. The van der Waals surface area contributed by atoms with Crippen LogP contribution in [0.1, 0.15) is 26.7 Å². The zero-order valence-corrected chi connectivity index (χ0v) is 14.3. The second-order valence-electron chi connectivity index (χ2n) is 5.89. The van der Waals surface area contributed by atoms with E-state index in [1.165, 1.54) is 0 Å². The van der Waals surface area contributed by atoms with Crippen LogP contribution < -0.4 is 9.47 Å². The normalized spacial score (nSPS) is 19.5. The van der Waals surface area contributed by atoms with Gasteiger partial charge in [0.2, 0.25) is 10.0 Å². The summed E-state index contributed by atoms with van der Waals surface area (Å²) in [5, 5.41) is -0.351. The van der Waals surface area contributed by atoms with E-state index in [-0.39, 0.29) is 5.25 Å². The largest absolute Gasteiger partial charge is 0.493 e. The molecule has 0 saturated carbocycles. The number of rotatable bonds is 7. The van der Waals surface area contributed by atoms with Gasteiger partial charge in [0.05, 0.1) is 19.0 Å². The Bertz CT molecular complexity index is 586. The summed E-state index contributed by atoms with van der Waals surface area (Å²) in [4.78, 5) is 0. The van der Waals surface area contributed by atoms with E-state index in [1.54, 1.807) is 25.3 Å². The van der Waals surface area contributed by atoms with E-state index in [2.05, 4.69) is 0 Å². The Morgan fingerprint density at radius 2 is 1.95 bits per heavy atom. The molecule has 6 heteroatoms. The summed E-state index contributed by atoms with van der Waals surface area (Å²) in [5.41, 5.74) is 0. The molecule has 124 valence electrons. The SMILES string of the molecule is COc1ccccc1OCCC1CCN(S(=O)(=O)C(C)C)C1. The Morgan fingerprint density at radius 3 is 2.59 bits per heavy atom. The number of hydrogen-bond donors (Lipinski definition) is 0. The molecular weight excluding hydrogens is 302 g/mol. The van der Waals surface area contributed by atoms with Gasteiger partial charge in [-0.05, 0) is 44.7 Å². The molecule has 1 aromatic carbocycles. The van der Waals surface area contributed by atoms with Crippen LogP contribution in [0.4, 0.5) is 0 Å². The Kier molecular flexibility index (Phi) is 5.69. The van der Waals surface area contributed by atoms with Gasteiger partial charge in [-0.2, -0.15) is 0 Å². The molecule has 1 atom stereocenters. The molecule has 0 radical (unpaired) electrons. The fourth-order valence-electron chi connectivity index (χ4n) is 2.64. The minimum absolute atomic E-state index is 0.351. The first-order valence-electron chi connectivity index (χ1n) is 7.70. The summed E-state index contributed by atoms with van der Waals surface area (Å²) in [5.74, 6) is 1.82. The van der Waals surface area contributed by atoms with Crippen LogP contribution in [0, 0.1) is 5.92 Å². The second-order valence-corrected chi connectivity index (χ2v) is 8.38. The summed E-state index contributed by atoms with van der Waals surface area (Å²) in [6, 6.07) is 7.55. The predicted molar refractivity (Wildman–Crippen MR) is 86.8 cm³/mol. The van der Waals surface area contributed by atoms with Gasteiger partial charge < -0.3 is 9.47 Å². The van der Waals surface area contributed by atoms with Crippen LogP contribution in [-0.2, 0) is 10.0 Å². The molecule has 0 aromatic heterocycles. The lowest BCUT2D eigenvalue weighted by atomic mass is 10.1. The van der Waals surface area contributed by atoms with Crippen molar-refractivity contribution in [3.8, 4) is 11.5 Å². The zero-order chi connectivity index (χ0) is 16.2. The fourth-order valence-corrected chi connectivity index (χ4v) is 4.01. The first kappa shape index (κ1) is 17.1. The van der Waals surface area contributed by atoms with Gasteiger partial charge in [-0.1, -0.05) is 12.1 Å². The highest BCUT2D eigenvalue weighted by Gasteiger charge is 2.32. The van der Waals surface area contributed by atoms with Crippen LogP contribution in [0.2, 0.25) is 0 Å². The van der Waals surface area contributed by atoms with E-state index in [0.29, 0.717) is 25.6 Å². The average molecular weight is 327 g/mol. The van der Waals surface area contributed by atoms with Crippen LogP contribution in [0.3, 0.4) is 0 Å². The van der Waals surface area contributed by atoms with Crippen molar-refractivity contribution in [2.24, 2.45) is 5.92 Å². The lowest BCUT2D eigenvalue weighted by Gasteiger charge is -2.19. The minimum atomic E-state index is -3.12. The quantitative estimate of drug-likeness (QED) is 0.772. The van der Waals surface area contributed by atoms with Crippen molar-refractivity contribution in [2.75, 3.05) is 26.8 Å². The van der Waals surface area contributed by atoms with E-state index in [4.69, 9.17) is 9.47 Å². The van der Waals surface area contributed by atoms with E-state index in [1.807, 2.05) is 24.3 Å². The number of nitrogens with zero attached hydrogens (tertiary/aromatic N) is 1. The molecule has 0 N–H and O–H groups in total. The summed E-state index contributed by atoms with van der Waals surface area (Å²) in [6.07, 6.45) is 1.75. The number of ether oxygens (including phenoxy) is 2. The predicted octanol–water partition coefficient (Wildman–Crippen LogP) is 2.52. The summed E-state index contributed by atoms with van der Waals surface area (Å²) >= 11 is 0. The third-order valence-corrected chi connectivity index (χ3v) is 6.30. The van der Waals surface area contributed by atoms with Crippen molar-refractivity contribution in [1.29, 1.82) is 0 Å². The van der Waals surface area contributed by atoms with Gasteiger partial charge in [-0.3, -0.25) is 0 Å². The maximum atomic E-state index is 12.1. The molecule has 1 aliphatic heterocycles. The van der Waals surface area contributed by atoms with Crippen LogP contribution in [0.5, 0.6) is 11.5 Å². The Morgan fingerprint density at radius 1 is 1.27 bits per heavy atom. The molecule has 1 saturated heterocycles. The standard InChI is InChI=1S/C16H25NO4S/c1-13(2)22(18,19)17-10-8-14(12-17)9-11-21-16-7-5-4-6-15(16)20-3/h4-7,13-14H,8-12H2,1-3H3. The lowest BCUT2D eigenvalue weighted by Crippen LogP contribution is -2.34. The van der Waals surface area contributed by atoms with E-state index in [9.17, 15) is 8.42 Å². The van der Waals surface area contributed by atoms with Crippen molar-refractivity contribution < 1.29 is 17.9 Å². The number of benzene rings is 1. The number of methoxy groups -OCH3 is 1. The Balaban J connectivity index is 1.82. The van der Waals surface area contributed by atoms with Gasteiger partial charge in [0, 0.05) is 13.1 Å². The smallest absolute Gasteiger partial charge is 0.216 e. The first-order chi connectivity index (χ1) is 10.4. The molecule has 0 bridgehead atoms. The third-order valence-electron chi connectivity index (χ3n) is 4.06. The lowest BCUT2D eigenvalue weighted by molar-refractivity contribution is 0.266. The Labute approximate surface area is 133 Å². The van der Waals surface area contributed by atoms with E-state index in [0.717, 1.165) is 24.3 Å². The van der Waals surface area contributed by atoms with Gasteiger partial charge in [-0.15, -0.1) is 0 Å². The molecule has 0 amide bonds. The van der Waals surface area contributed by atoms with Crippen molar-refractivity contribution >= 4 is 10.0 Å². The molecule has 0 spiro atoms. The summed E-state index contributed by atoms with van der Waals surface area (Å²) < 4.78 is 36.9. The van der Waals surface area contributed by atoms with Gasteiger partial charge in [0.15, 0.2) is 11.5 Å². The monoisotopic (exact) mass is 327 g/mol. The van der Waals surface area contributed by atoms with E-state index < -0.39 is 10.0 Å². The zero-order valence-electron chi connectivity index (χ0n) is 13.5. The Hall–Kier alpha value is -1.27. The highest BCUT2D eigenvalue weighted by Crippen LogP contribution is 2.28. The van der Waals surface area contributed by atoms with Crippen LogP contribution in [0.15, 0.2) is 24.3 Å². The summed E-state index contributed by atoms with van der Waals surface area (Å²) in [7, 11) is -1.51. The third kappa shape index (κ3) is 3.93. The fraction of sp³-hybridized carbons (Fsp3) is 0.625. The molecule has 1 fully saturated rings. The molecule has 0 aliphatic carbocycles. The van der Waals surface area contributed by atoms with Crippen LogP contribution in [0.25, 0.3) is 0 Å². The van der Waals surface area contributed by atoms with Gasteiger partial charge >= 0.3 is 0 Å². The highest BCUT2D eigenvalue weighted by molar-refractivity contribution is 7.89. The molecule has 5 nitrogen and oxygen atoms in total. The topological polar surface area (TPSA) is 55.8 Å². The number of para-hydroxylation sites is 2. The molecular formula is C16H25NO4S. The number of hydrogen-bond acceptors (Lipinski definition) is 4. The van der Waals surface area contributed by atoms with E-state index >= 15 is 0 Å². The molecule has 22 heavy (non-hydrogen) atoms. The van der Waals surface area contributed by atoms with Crippen molar-refractivity contribution in [3.63, 3.8) is 0 Å². The average Bonchev–Trinajstić information content (AvgIpc) is 2.97. The van der Waals surface area contributed by atoms with Crippen molar-refractivity contribution in [2.45, 2.75) is 31.9 Å². The van der Waals surface area contributed by atoms with Crippen molar-refractivity contribution in [3.05, 3.63) is 24.3 Å².